The molecular formula is C24H20FNO5S. The molecular weight excluding hydrogens is 433 g/mol. The predicted octanol–water partition coefficient (Wildman–Crippen LogP) is 5.81. The lowest BCUT2D eigenvalue weighted by Crippen LogP contribution is -2.22. The molecule has 0 radical (unpaired) electrons. The maximum absolute atomic E-state index is 13.5. The summed E-state index contributed by atoms with van der Waals surface area (Å²) in [4.78, 5) is 12.6. The second-order valence-corrected chi connectivity index (χ2v) is 9.58. The molecule has 0 aliphatic rings. The quantitative estimate of drug-likeness (QED) is 0.412. The fourth-order valence-corrected chi connectivity index (χ4v) is 4.32. The first-order chi connectivity index (χ1) is 15.2. The lowest BCUT2D eigenvalue weighted by Gasteiger charge is -2.09. The largest absolute Gasteiger partial charge is 0.465 e. The van der Waals surface area contributed by atoms with E-state index in [0.29, 0.717) is 22.1 Å². The highest BCUT2D eigenvalue weighted by Gasteiger charge is 2.18. The number of hydrogen-bond donors (Lipinski definition) is 1. The van der Waals surface area contributed by atoms with Gasteiger partial charge in [-0.1, -0.05) is 31.2 Å². The third-order valence-electron chi connectivity index (χ3n) is 5.30. The molecule has 0 aliphatic heterocycles. The smallest absolute Gasteiger partial charge is 0.413 e. The van der Waals surface area contributed by atoms with Crippen molar-refractivity contribution in [3.05, 3.63) is 72.5 Å². The normalized spacial score (nSPS) is 11.6. The molecule has 0 unspecified atom stereocenters. The number of furan rings is 1. The van der Waals surface area contributed by atoms with Gasteiger partial charge in [-0.05, 0) is 53.1 Å². The van der Waals surface area contributed by atoms with Gasteiger partial charge in [-0.15, -0.1) is 0 Å². The Labute approximate surface area is 184 Å². The zero-order chi connectivity index (χ0) is 23.0. The number of carboxylic acid groups (broad SMARTS) is 1. The van der Waals surface area contributed by atoms with Crippen LogP contribution in [-0.4, -0.2) is 32.4 Å². The van der Waals surface area contributed by atoms with E-state index in [4.69, 9.17) is 4.42 Å². The predicted molar refractivity (Wildman–Crippen MR) is 121 cm³/mol. The summed E-state index contributed by atoms with van der Waals surface area (Å²) in [5, 5.41) is 9.96. The number of amides is 1. The zero-order valence-electron chi connectivity index (χ0n) is 17.4. The number of hydrogen-bond acceptors (Lipinski definition) is 4. The van der Waals surface area contributed by atoms with Crippen molar-refractivity contribution >= 4 is 32.8 Å². The van der Waals surface area contributed by atoms with Gasteiger partial charge in [-0.25, -0.2) is 17.6 Å². The number of sulfone groups is 1. The van der Waals surface area contributed by atoms with Gasteiger partial charge >= 0.3 is 6.09 Å². The van der Waals surface area contributed by atoms with Gasteiger partial charge in [0.15, 0.2) is 9.84 Å². The van der Waals surface area contributed by atoms with Gasteiger partial charge in [0.2, 0.25) is 5.88 Å². The van der Waals surface area contributed by atoms with E-state index in [0.717, 1.165) is 16.0 Å². The Morgan fingerprint density at radius 2 is 1.59 bits per heavy atom. The van der Waals surface area contributed by atoms with Crippen molar-refractivity contribution in [3.63, 3.8) is 0 Å². The summed E-state index contributed by atoms with van der Waals surface area (Å²) in [6.07, 6.45) is -1.17. The number of carbonyl (C=O) groups is 1. The first kappa shape index (κ1) is 21.6. The zero-order valence-corrected chi connectivity index (χ0v) is 18.2. The minimum Gasteiger partial charge on any atom is -0.465 e. The molecule has 1 N–H and O–H groups in total. The van der Waals surface area contributed by atoms with E-state index in [9.17, 15) is 22.7 Å². The second-order valence-electron chi connectivity index (χ2n) is 7.30. The highest BCUT2D eigenvalue weighted by molar-refractivity contribution is 7.91. The van der Waals surface area contributed by atoms with E-state index in [1.165, 1.54) is 19.2 Å². The van der Waals surface area contributed by atoms with Crippen molar-refractivity contribution < 1.29 is 27.1 Å². The number of benzene rings is 3. The molecule has 0 bridgehead atoms. The Balaban J connectivity index is 1.90. The molecule has 0 atom stereocenters. The fourth-order valence-electron chi connectivity index (χ4n) is 3.43. The Bertz CT molecular complexity index is 1410. The molecule has 1 aromatic heterocycles. The molecule has 8 heteroatoms. The average Bonchev–Trinajstić information content (AvgIpc) is 3.22. The van der Waals surface area contributed by atoms with Crippen molar-refractivity contribution in [1.29, 1.82) is 0 Å². The lowest BCUT2D eigenvalue weighted by molar-refractivity contribution is 0.202. The maximum atomic E-state index is 13.5. The van der Waals surface area contributed by atoms with Crippen LogP contribution < -0.4 is 4.90 Å². The van der Waals surface area contributed by atoms with Crippen LogP contribution in [0.4, 0.5) is 15.1 Å². The standard InChI is InChI=1S/C24H20FNO5S/c1-3-32(29,30)20-10-6-15(7-11-20)17-12-18-14-22(26(2)24(27)28)31-23(18)21(13-17)16-4-8-19(25)9-5-16/h4-14H,3H2,1-2H3,(H,27,28). The van der Waals surface area contributed by atoms with Gasteiger partial charge < -0.3 is 9.52 Å². The first-order valence-corrected chi connectivity index (χ1v) is 11.5. The number of fused-ring (bicyclic) bond motifs is 1. The molecule has 4 aromatic rings. The Morgan fingerprint density at radius 1 is 0.969 bits per heavy atom. The minimum absolute atomic E-state index is 0.0158. The number of rotatable bonds is 5. The molecule has 1 amide bonds. The van der Waals surface area contributed by atoms with Crippen molar-refractivity contribution in [1.82, 2.24) is 0 Å². The third kappa shape index (κ3) is 3.97. The van der Waals surface area contributed by atoms with Crippen LogP contribution in [0.15, 0.2) is 76.0 Å². The van der Waals surface area contributed by atoms with Gasteiger partial charge in [0, 0.05) is 24.1 Å². The molecule has 6 nitrogen and oxygen atoms in total. The summed E-state index contributed by atoms with van der Waals surface area (Å²) in [5.74, 6) is -0.209. The van der Waals surface area contributed by atoms with E-state index < -0.39 is 15.9 Å². The van der Waals surface area contributed by atoms with Crippen molar-refractivity contribution in [2.75, 3.05) is 17.7 Å². The van der Waals surface area contributed by atoms with Crippen molar-refractivity contribution in [2.24, 2.45) is 0 Å². The fraction of sp³-hybridized carbons (Fsp3) is 0.125. The van der Waals surface area contributed by atoms with Gasteiger partial charge in [0.05, 0.1) is 10.6 Å². The molecule has 0 spiro atoms. The summed E-state index contributed by atoms with van der Waals surface area (Å²) in [6.45, 7) is 1.59. The Hall–Kier alpha value is -3.65. The van der Waals surface area contributed by atoms with Crippen LogP contribution in [0.3, 0.4) is 0 Å². The van der Waals surface area contributed by atoms with E-state index in [1.54, 1.807) is 49.4 Å². The summed E-state index contributed by atoms with van der Waals surface area (Å²) in [7, 11) is -1.93. The first-order valence-electron chi connectivity index (χ1n) is 9.83. The van der Waals surface area contributed by atoms with E-state index >= 15 is 0 Å². The lowest BCUT2D eigenvalue weighted by atomic mass is 9.97. The third-order valence-corrected chi connectivity index (χ3v) is 7.05. The minimum atomic E-state index is -3.31. The Kier molecular flexibility index (Phi) is 5.48. The van der Waals surface area contributed by atoms with E-state index in [1.807, 2.05) is 12.1 Å². The topological polar surface area (TPSA) is 87.8 Å². The monoisotopic (exact) mass is 453 g/mol. The summed E-state index contributed by atoms with van der Waals surface area (Å²) < 4.78 is 43.6. The second kappa shape index (κ2) is 8.12. The van der Waals surface area contributed by atoms with Crippen LogP contribution >= 0.6 is 0 Å². The van der Waals surface area contributed by atoms with Gasteiger partial charge in [0.25, 0.3) is 0 Å². The molecule has 164 valence electrons. The van der Waals surface area contributed by atoms with Crippen molar-refractivity contribution in [3.8, 4) is 22.3 Å². The van der Waals surface area contributed by atoms with Crippen molar-refractivity contribution in [2.45, 2.75) is 11.8 Å². The van der Waals surface area contributed by atoms with E-state index in [2.05, 4.69) is 0 Å². The molecule has 1 heterocycles. The number of halogens is 1. The van der Waals surface area contributed by atoms with E-state index in [-0.39, 0.29) is 22.3 Å². The van der Waals surface area contributed by atoms with Gasteiger partial charge in [-0.3, -0.25) is 4.90 Å². The molecule has 0 aliphatic carbocycles. The molecule has 0 fully saturated rings. The van der Waals surface area contributed by atoms with Crippen LogP contribution in [0.1, 0.15) is 6.92 Å². The highest BCUT2D eigenvalue weighted by atomic mass is 32.2. The summed E-state index contributed by atoms with van der Waals surface area (Å²) in [6, 6.07) is 17.8. The maximum Gasteiger partial charge on any atom is 0.413 e. The molecule has 0 saturated carbocycles. The van der Waals surface area contributed by atoms with Gasteiger partial charge in [0.1, 0.15) is 11.4 Å². The van der Waals surface area contributed by atoms with Crippen LogP contribution in [0, 0.1) is 5.82 Å². The van der Waals surface area contributed by atoms with Crippen LogP contribution in [0.25, 0.3) is 33.2 Å². The number of anilines is 1. The molecule has 3 aromatic carbocycles. The molecule has 32 heavy (non-hydrogen) atoms. The van der Waals surface area contributed by atoms with Crippen LogP contribution in [0.2, 0.25) is 0 Å². The summed E-state index contributed by atoms with van der Waals surface area (Å²) in [5.41, 5.74) is 3.38. The van der Waals surface area contributed by atoms with Gasteiger partial charge in [-0.2, -0.15) is 0 Å². The molecule has 0 saturated heterocycles. The summed E-state index contributed by atoms with van der Waals surface area (Å²) >= 11 is 0. The average molecular weight is 453 g/mol. The Morgan fingerprint density at radius 3 is 2.19 bits per heavy atom. The number of nitrogens with zero attached hydrogens (tertiary/aromatic N) is 1. The molecule has 4 rings (SSSR count). The highest BCUT2D eigenvalue weighted by Crippen LogP contribution is 2.38. The SMILES string of the molecule is CCS(=O)(=O)c1ccc(-c2cc(-c3ccc(F)cc3)c3oc(N(C)C(=O)O)cc3c2)cc1. The van der Waals surface area contributed by atoms with Crippen LogP contribution in [-0.2, 0) is 9.84 Å². The van der Waals surface area contributed by atoms with Crippen LogP contribution in [0.5, 0.6) is 0 Å².